The Morgan fingerprint density at radius 1 is 1.14 bits per heavy atom. The van der Waals surface area contributed by atoms with Crippen molar-refractivity contribution in [2.45, 2.75) is 71.0 Å². The van der Waals surface area contributed by atoms with Gasteiger partial charge in [-0.15, -0.1) is 0 Å². The number of para-hydroxylation sites is 2. The molecular formula is C26H34N8O7S. The molecule has 0 aliphatic carbocycles. The predicted octanol–water partition coefficient (Wildman–Crippen LogP) is 2.16. The van der Waals surface area contributed by atoms with Crippen molar-refractivity contribution in [2.75, 3.05) is 24.2 Å². The van der Waals surface area contributed by atoms with Gasteiger partial charge in [-0.1, -0.05) is 12.1 Å². The van der Waals surface area contributed by atoms with Crippen molar-refractivity contribution in [2.24, 2.45) is 0 Å². The number of nitrogens with one attached hydrogen (secondary N) is 3. The van der Waals surface area contributed by atoms with E-state index in [2.05, 4.69) is 30.9 Å². The number of likely N-dealkylation sites (N-methyl/N-ethyl adjacent to an activating group) is 1. The number of carbonyl (C=O) groups excluding carboxylic acids is 2. The summed E-state index contributed by atoms with van der Waals surface area (Å²) >= 11 is -2.52. The first kappa shape index (κ1) is 29.9. The van der Waals surface area contributed by atoms with Crippen LogP contribution in [0.15, 0.2) is 36.9 Å². The number of amides is 3. The van der Waals surface area contributed by atoms with E-state index in [1.54, 1.807) is 63.6 Å². The topological polar surface area (TPSA) is 182 Å². The van der Waals surface area contributed by atoms with Crippen LogP contribution < -0.4 is 19.8 Å². The molecule has 42 heavy (non-hydrogen) atoms. The molecular weight excluding hydrogens is 568 g/mol. The Balaban J connectivity index is 1.41. The fourth-order valence-electron chi connectivity index (χ4n) is 5.17. The van der Waals surface area contributed by atoms with E-state index in [4.69, 9.17) is 14.2 Å². The van der Waals surface area contributed by atoms with Crippen molar-refractivity contribution in [1.29, 1.82) is 0 Å². The minimum absolute atomic E-state index is 0.112. The standard InChI is InChI=1S/C26H34N8O7S/c1-7-27-23(35)19-18-20(41-26(4,5)40-18)24(39-19)33-13-30-17-21(28-12-29-22(17)33)32-25(36)31-15-10-8-9-11-16(15)34(6,14(2)3)42(37)38/h8-14,18-20,24H,7H2,1-6H3,(H3-,27,28,29,31,32,35,36,37,38)/t18-,19+,20-,24-,34?/m1/s1. The van der Waals surface area contributed by atoms with Gasteiger partial charge in [-0.2, -0.15) is 0 Å². The van der Waals surface area contributed by atoms with E-state index < -0.39 is 51.5 Å². The Kier molecular flexibility index (Phi) is 8.04. The van der Waals surface area contributed by atoms with E-state index in [9.17, 15) is 18.4 Å². The number of anilines is 2. The molecule has 0 bridgehead atoms. The number of benzene rings is 1. The van der Waals surface area contributed by atoms with E-state index in [1.165, 1.54) is 12.7 Å². The van der Waals surface area contributed by atoms with Crippen molar-refractivity contribution in [3.63, 3.8) is 0 Å². The largest absolute Gasteiger partial charge is 0.724 e. The lowest BCUT2D eigenvalue weighted by Gasteiger charge is -2.38. The molecule has 226 valence electrons. The average molecular weight is 603 g/mol. The van der Waals surface area contributed by atoms with Gasteiger partial charge in [0.1, 0.15) is 24.2 Å². The molecule has 2 unspecified atom stereocenters. The molecule has 0 radical (unpaired) electrons. The van der Waals surface area contributed by atoms with Crippen LogP contribution in [-0.4, -0.2) is 84.0 Å². The van der Waals surface area contributed by atoms with Crippen molar-refractivity contribution < 1.29 is 32.6 Å². The second kappa shape index (κ2) is 11.3. The highest BCUT2D eigenvalue weighted by Crippen LogP contribution is 2.44. The van der Waals surface area contributed by atoms with Gasteiger partial charge in [0.15, 0.2) is 52.1 Å². The maximum atomic E-state index is 13.1. The first-order chi connectivity index (χ1) is 19.9. The molecule has 0 saturated carbocycles. The molecule has 2 aliphatic heterocycles. The van der Waals surface area contributed by atoms with Gasteiger partial charge in [-0.3, -0.25) is 14.7 Å². The smallest absolute Gasteiger partial charge is 0.325 e. The summed E-state index contributed by atoms with van der Waals surface area (Å²) in [5, 5.41) is 8.18. The Bertz CT molecular complexity index is 1530. The summed E-state index contributed by atoms with van der Waals surface area (Å²) in [6.07, 6.45) is -0.251. The van der Waals surface area contributed by atoms with E-state index in [-0.39, 0.29) is 23.3 Å². The molecule has 2 aromatic heterocycles. The lowest BCUT2D eigenvalue weighted by molar-refractivity contribution is -0.197. The molecule has 1 aromatic carbocycles. The summed E-state index contributed by atoms with van der Waals surface area (Å²) in [5.41, 5.74) is 1.31. The fraction of sp³-hybridized carbons (Fsp3) is 0.500. The highest BCUT2D eigenvalue weighted by molar-refractivity contribution is 7.78. The molecule has 16 heteroatoms. The van der Waals surface area contributed by atoms with Gasteiger partial charge >= 0.3 is 6.03 Å². The number of rotatable bonds is 8. The molecule has 6 atom stereocenters. The lowest BCUT2D eigenvalue weighted by atomic mass is 10.1. The Morgan fingerprint density at radius 3 is 2.55 bits per heavy atom. The zero-order valence-corrected chi connectivity index (χ0v) is 24.9. The SMILES string of the molecule is CCNC(=O)[C@H]1O[C@@H](n2cnc3c(NC(=O)Nc4ccccc4[N+](C)(C(C)C)S(=O)[O-])ncnc32)[C@@H]2OC(C)(C)O[C@@H]21. The number of urea groups is 1. The van der Waals surface area contributed by atoms with Gasteiger partial charge < -0.3 is 29.4 Å². The molecule has 5 rings (SSSR count). The number of imidazole rings is 1. The number of hydrogen-bond acceptors (Lipinski definition) is 10. The molecule has 3 N–H and O–H groups in total. The predicted molar refractivity (Wildman–Crippen MR) is 153 cm³/mol. The summed E-state index contributed by atoms with van der Waals surface area (Å²) in [4.78, 5) is 38.8. The fourth-order valence-corrected chi connectivity index (χ4v) is 5.84. The van der Waals surface area contributed by atoms with E-state index in [0.29, 0.717) is 23.6 Å². The van der Waals surface area contributed by atoms with E-state index in [0.717, 1.165) is 0 Å². The molecule has 2 fully saturated rings. The van der Waals surface area contributed by atoms with Crippen molar-refractivity contribution in [3.05, 3.63) is 36.9 Å². The van der Waals surface area contributed by atoms with Gasteiger partial charge in [0.05, 0.1) is 19.4 Å². The number of quaternary nitrogens is 1. The third-order valence-corrected chi connectivity index (χ3v) is 8.67. The first-order valence-corrected chi connectivity index (χ1v) is 14.5. The molecule has 2 aliphatic rings. The molecule has 0 spiro atoms. The quantitative estimate of drug-likeness (QED) is 0.255. The van der Waals surface area contributed by atoms with Crippen LogP contribution in [0.4, 0.5) is 22.0 Å². The second-order valence-corrected chi connectivity index (χ2v) is 12.0. The minimum atomic E-state index is -2.52. The Morgan fingerprint density at radius 2 is 1.86 bits per heavy atom. The highest BCUT2D eigenvalue weighted by Gasteiger charge is 2.58. The molecule has 4 heterocycles. The van der Waals surface area contributed by atoms with Gasteiger partial charge in [0.2, 0.25) is 0 Å². The van der Waals surface area contributed by atoms with Crippen LogP contribution in [0.2, 0.25) is 0 Å². The van der Waals surface area contributed by atoms with Gasteiger partial charge in [0.25, 0.3) is 5.91 Å². The normalized spacial score (nSPS) is 25.1. The third-order valence-electron chi connectivity index (χ3n) is 7.43. The monoisotopic (exact) mass is 602 g/mol. The number of carbonyl (C=O) groups is 2. The minimum Gasteiger partial charge on any atom is -0.724 e. The van der Waals surface area contributed by atoms with E-state index in [1.807, 2.05) is 6.92 Å². The van der Waals surface area contributed by atoms with Crippen LogP contribution >= 0.6 is 0 Å². The Labute approximate surface area is 245 Å². The van der Waals surface area contributed by atoms with Crippen LogP contribution in [-0.2, 0) is 30.3 Å². The average Bonchev–Trinajstić information content (AvgIpc) is 3.59. The van der Waals surface area contributed by atoms with Crippen LogP contribution in [0.25, 0.3) is 11.2 Å². The second-order valence-electron chi connectivity index (χ2n) is 10.9. The van der Waals surface area contributed by atoms with Crippen LogP contribution in [0.3, 0.4) is 0 Å². The highest BCUT2D eigenvalue weighted by atomic mass is 32.2. The molecule has 3 amide bonds. The van der Waals surface area contributed by atoms with Crippen molar-refractivity contribution in [3.8, 4) is 0 Å². The molecule has 15 nitrogen and oxygen atoms in total. The van der Waals surface area contributed by atoms with Crippen LogP contribution in [0.5, 0.6) is 0 Å². The van der Waals surface area contributed by atoms with Gasteiger partial charge in [-0.25, -0.2) is 27.8 Å². The van der Waals surface area contributed by atoms with Crippen molar-refractivity contribution >= 4 is 51.6 Å². The lowest BCUT2D eigenvalue weighted by Crippen LogP contribution is -2.52. The summed E-state index contributed by atoms with van der Waals surface area (Å²) in [6.45, 7) is 9.33. The summed E-state index contributed by atoms with van der Waals surface area (Å²) in [5.74, 6) is -1.14. The summed E-state index contributed by atoms with van der Waals surface area (Å²) in [6, 6.07) is 5.68. The van der Waals surface area contributed by atoms with Crippen LogP contribution in [0.1, 0.15) is 40.8 Å². The number of ether oxygens (including phenoxy) is 3. The van der Waals surface area contributed by atoms with Gasteiger partial charge in [-0.05, 0) is 40.7 Å². The Hall–Kier alpha value is -3.54. The molecule has 2 saturated heterocycles. The van der Waals surface area contributed by atoms with Gasteiger partial charge in [0, 0.05) is 12.6 Å². The number of nitrogens with zero attached hydrogens (tertiary/aromatic N) is 5. The van der Waals surface area contributed by atoms with Crippen LogP contribution in [0, 0.1) is 0 Å². The number of fused-ring (bicyclic) bond motifs is 2. The number of aromatic nitrogens is 4. The maximum absolute atomic E-state index is 13.1. The first-order valence-electron chi connectivity index (χ1n) is 13.5. The summed E-state index contributed by atoms with van der Waals surface area (Å²) in [7, 11) is 1.55. The maximum Gasteiger partial charge on any atom is 0.325 e. The zero-order valence-electron chi connectivity index (χ0n) is 24.1. The number of hydrogen-bond donors (Lipinski definition) is 3. The summed E-state index contributed by atoms with van der Waals surface area (Å²) < 4.78 is 43.8. The third kappa shape index (κ3) is 5.25. The molecule has 3 aromatic rings. The van der Waals surface area contributed by atoms with Crippen molar-refractivity contribution in [1.82, 2.24) is 28.7 Å². The zero-order chi connectivity index (χ0) is 30.4. The van der Waals surface area contributed by atoms with E-state index >= 15 is 0 Å².